The van der Waals surface area contributed by atoms with Crippen LogP contribution in [0.15, 0.2) is 48.7 Å². The standard InChI is InChI=1S/C25H28N6O/c32-25(29-14-9-19(10-15-29)18-4-2-1-3-5-18)20-16-30(17-20)24-21-6-11-26-12-7-22(21)28-23-8-13-27-31(23)24/h1-5,8-9,13,20,26H,6-7,10-12,14-17H2. The van der Waals surface area contributed by atoms with Crippen LogP contribution in [0.1, 0.15) is 23.2 Å². The number of nitrogens with zero attached hydrogens (tertiary/aromatic N) is 5. The van der Waals surface area contributed by atoms with Crippen molar-refractivity contribution in [3.8, 4) is 0 Å². The fourth-order valence-electron chi connectivity index (χ4n) is 5.19. The Labute approximate surface area is 187 Å². The second-order valence-corrected chi connectivity index (χ2v) is 8.94. The van der Waals surface area contributed by atoms with E-state index in [1.54, 1.807) is 0 Å². The van der Waals surface area contributed by atoms with Gasteiger partial charge in [-0.2, -0.15) is 9.61 Å². The van der Waals surface area contributed by atoms with Gasteiger partial charge in [-0.25, -0.2) is 4.98 Å². The fourth-order valence-corrected chi connectivity index (χ4v) is 5.19. The van der Waals surface area contributed by atoms with Gasteiger partial charge in [-0.1, -0.05) is 36.4 Å². The number of carbonyl (C=O) groups excluding carboxylic acids is 1. The number of carbonyl (C=O) groups is 1. The Morgan fingerprint density at radius 3 is 2.69 bits per heavy atom. The Hall–Kier alpha value is -3.19. The summed E-state index contributed by atoms with van der Waals surface area (Å²) in [5, 5.41) is 8.02. The van der Waals surface area contributed by atoms with Gasteiger partial charge in [0.2, 0.25) is 5.91 Å². The van der Waals surface area contributed by atoms with Gasteiger partial charge in [0.05, 0.1) is 17.8 Å². The van der Waals surface area contributed by atoms with Crippen LogP contribution in [0.4, 0.5) is 5.82 Å². The van der Waals surface area contributed by atoms with Crippen LogP contribution in [-0.4, -0.2) is 64.7 Å². The summed E-state index contributed by atoms with van der Waals surface area (Å²) in [4.78, 5) is 22.4. The molecule has 1 aromatic carbocycles. The highest BCUT2D eigenvalue weighted by molar-refractivity contribution is 5.83. The van der Waals surface area contributed by atoms with Crippen molar-refractivity contribution in [2.75, 3.05) is 44.2 Å². The van der Waals surface area contributed by atoms with E-state index in [1.807, 2.05) is 27.7 Å². The number of aromatic nitrogens is 3. The van der Waals surface area contributed by atoms with E-state index < -0.39 is 0 Å². The van der Waals surface area contributed by atoms with Crippen LogP contribution in [0.3, 0.4) is 0 Å². The molecule has 0 saturated carbocycles. The minimum atomic E-state index is 0.0556. The topological polar surface area (TPSA) is 65.8 Å². The van der Waals surface area contributed by atoms with E-state index in [1.165, 1.54) is 22.4 Å². The van der Waals surface area contributed by atoms with Crippen molar-refractivity contribution in [3.63, 3.8) is 0 Å². The lowest BCUT2D eigenvalue weighted by Gasteiger charge is -2.43. The number of nitrogens with one attached hydrogen (secondary N) is 1. The third kappa shape index (κ3) is 3.37. The minimum absolute atomic E-state index is 0.0556. The fraction of sp³-hybridized carbons (Fsp3) is 0.400. The number of rotatable bonds is 3. The van der Waals surface area contributed by atoms with Gasteiger partial charge < -0.3 is 15.1 Å². The summed E-state index contributed by atoms with van der Waals surface area (Å²) in [6, 6.07) is 12.5. The Morgan fingerprint density at radius 2 is 1.88 bits per heavy atom. The van der Waals surface area contributed by atoms with E-state index in [-0.39, 0.29) is 11.8 Å². The smallest absolute Gasteiger partial charge is 0.229 e. The van der Waals surface area contributed by atoms with E-state index in [0.29, 0.717) is 6.54 Å². The molecule has 6 rings (SSSR count). The zero-order chi connectivity index (χ0) is 21.5. The summed E-state index contributed by atoms with van der Waals surface area (Å²) in [7, 11) is 0. The highest BCUT2D eigenvalue weighted by atomic mass is 16.2. The molecule has 1 N–H and O–H groups in total. The van der Waals surface area contributed by atoms with Crippen LogP contribution < -0.4 is 10.2 Å². The second kappa shape index (κ2) is 8.06. The summed E-state index contributed by atoms with van der Waals surface area (Å²) in [5.74, 6) is 1.47. The summed E-state index contributed by atoms with van der Waals surface area (Å²) >= 11 is 0. The van der Waals surface area contributed by atoms with Crippen molar-refractivity contribution in [3.05, 3.63) is 65.5 Å². The van der Waals surface area contributed by atoms with Gasteiger partial charge in [0.15, 0.2) is 5.65 Å². The molecule has 7 heteroatoms. The minimum Gasteiger partial charge on any atom is -0.354 e. The third-order valence-electron chi connectivity index (χ3n) is 6.98. The first-order chi connectivity index (χ1) is 15.8. The monoisotopic (exact) mass is 428 g/mol. The molecule has 5 heterocycles. The average Bonchev–Trinajstić information content (AvgIpc) is 3.15. The van der Waals surface area contributed by atoms with Crippen LogP contribution in [0.25, 0.3) is 11.2 Å². The lowest BCUT2D eigenvalue weighted by atomic mass is 9.94. The molecular weight excluding hydrogens is 400 g/mol. The van der Waals surface area contributed by atoms with Crippen molar-refractivity contribution in [1.82, 2.24) is 24.8 Å². The average molecular weight is 429 g/mol. The summed E-state index contributed by atoms with van der Waals surface area (Å²) in [6.45, 7) is 4.93. The SMILES string of the molecule is O=C(C1CN(c2c3c(nc4ccnn24)CCNCC3)C1)N1CC=C(c2ccccc2)CC1. The first kappa shape index (κ1) is 19.5. The molecule has 2 aromatic heterocycles. The molecule has 164 valence electrons. The van der Waals surface area contributed by atoms with Crippen molar-refractivity contribution in [1.29, 1.82) is 0 Å². The molecule has 0 radical (unpaired) electrons. The van der Waals surface area contributed by atoms with Crippen LogP contribution >= 0.6 is 0 Å². The Bertz CT molecular complexity index is 1180. The second-order valence-electron chi connectivity index (χ2n) is 8.94. The molecule has 3 aliphatic rings. The van der Waals surface area contributed by atoms with Crippen molar-refractivity contribution < 1.29 is 4.79 Å². The van der Waals surface area contributed by atoms with E-state index in [9.17, 15) is 4.79 Å². The van der Waals surface area contributed by atoms with Gasteiger partial charge in [-0.3, -0.25) is 4.79 Å². The van der Waals surface area contributed by atoms with Crippen LogP contribution in [0, 0.1) is 5.92 Å². The van der Waals surface area contributed by atoms with Crippen molar-refractivity contribution in [2.24, 2.45) is 5.92 Å². The molecule has 1 saturated heterocycles. The molecule has 0 bridgehead atoms. The van der Waals surface area contributed by atoms with Crippen molar-refractivity contribution in [2.45, 2.75) is 19.3 Å². The maximum Gasteiger partial charge on any atom is 0.229 e. The van der Waals surface area contributed by atoms with Crippen molar-refractivity contribution >= 4 is 22.9 Å². The highest BCUT2D eigenvalue weighted by Crippen LogP contribution is 2.32. The predicted molar refractivity (Wildman–Crippen MR) is 125 cm³/mol. The molecule has 7 nitrogen and oxygen atoms in total. The lowest BCUT2D eigenvalue weighted by Crippen LogP contribution is -2.56. The molecule has 0 spiro atoms. The number of hydrogen-bond donors (Lipinski definition) is 1. The zero-order valence-corrected chi connectivity index (χ0v) is 18.2. The molecule has 3 aliphatic heterocycles. The third-order valence-corrected chi connectivity index (χ3v) is 6.98. The predicted octanol–water partition coefficient (Wildman–Crippen LogP) is 2.17. The van der Waals surface area contributed by atoms with Gasteiger partial charge in [0, 0.05) is 50.8 Å². The molecule has 0 unspecified atom stereocenters. The summed E-state index contributed by atoms with van der Waals surface area (Å²) < 4.78 is 1.96. The zero-order valence-electron chi connectivity index (χ0n) is 18.2. The van der Waals surface area contributed by atoms with Gasteiger partial charge in [0.1, 0.15) is 5.82 Å². The number of hydrogen-bond acceptors (Lipinski definition) is 5. The largest absolute Gasteiger partial charge is 0.354 e. The van der Waals surface area contributed by atoms with Crippen LogP contribution in [0.5, 0.6) is 0 Å². The number of anilines is 1. The Kier molecular flexibility index (Phi) is 4.91. The summed E-state index contributed by atoms with van der Waals surface area (Å²) in [5.41, 5.74) is 5.96. The molecule has 1 fully saturated rings. The lowest BCUT2D eigenvalue weighted by molar-refractivity contribution is -0.135. The molecule has 32 heavy (non-hydrogen) atoms. The van der Waals surface area contributed by atoms with E-state index in [0.717, 1.165) is 63.5 Å². The van der Waals surface area contributed by atoms with E-state index in [4.69, 9.17) is 4.98 Å². The molecule has 3 aromatic rings. The van der Waals surface area contributed by atoms with Crippen LogP contribution in [-0.2, 0) is 17.6 Å². The summed E-state index contributed by atoms with van der Waals surface area (Å²) in [6.07, 6.45) is 6.84. The van der Waals surface area contributed by atoms with Gasteiger partial charge in [-0.15, -0.1) is 0 Å². The normalized spacial score (nSPS) is 19.3. The number of fused-ring (bicyclic) bond motifs is 2. The first-order valence-corrected chi connectivity index (χ1v) is 11.6. The Balaban J connectivity index is 1.17. The number of benzene rings is 1. The molecule has 1 amide bonds. The maximum atomic E-state index is 13.2. The van der Waals surface area contributed by atoms with E-state index >= 15 is 0 Å². The molecule has 0 aliphatic carbocycles. The number of amides is 1. The molecule has 0 atom stereocenters. The first-order valence-electron chi connectivity index (χ1n) is 11.6. The maximum absolute atomic E-state index is 13.2. The quantitative estimate of drug-likeness (QED) is 0.693. The molecular formula is C25H28N6O. The Morgan fingerprint density at radius 1 is 1.03 bits per heavy atom. The highest BCUT2D eigenvalue weighted by Gasteiger charge is 2.38. The van der Waals surface area contributed by atoms with Gasteiger partial charge in [-0.05, 0) is 30.5 Å². The van der Waals surface area contributed by atoms with E-state index in [2.05, 4.69) is 45.7 Å². The van der Waals surface area contributed by atoms with Crippen LogP contribution in [0.2, 0.25) is 0 Å². The van der Waals surface area contributed by atoms with Gasteiger partial charge >= 0.3 is 0 Å². The van der Waals surface area contributed by atoms with Gasteiger partial charge in [0.25, 0.3) is 0 Å².